The molecule has 0 bridgehead atoms. The number of hydrogen-bond donors (Lipinski definition) is 1. The number of ether oxygens (including phenoxy) is 1. The molecule has 1 amide bonds. The first-order valence-electron chi connectivity index (χ1n) is 4.43. The van der Waals surface area contributed by atoms with Gasteiger partial charge in [-0.2, -0.15) is 0 Å². The second kappa shape index (κ2) is 8.94. The van der Waals surface area contributed by atoms with Crippen molar-refractivity contribution in [2.24, 2.45) is 0 Å². The van der Waals surface area contributed by atoms with Crippen LogP contribution < -0.4 is 5.32 Å². The molecule has 0 heterocycles. The zero-order chi connectivity index (χ0) is 11.8. The Bertz CT molecular complexity index is 429. The Morgan fingerprint density at radius 2 is 2.18 bits per heavy atom. The van der Waals surface area contributed by atoms with E-state index < -0.39 is 6.09 Å². The third-order valence-corrected chi connectivity index (χ3v) is 1.91. The van der Waals surface area contributed by atoms with Crippen LogP contribution in [0.2, 0.25) is 5.02 Å². The van der Waals surface area contributed by atoms with E-state index >= 15 is 0 Å². The first-order chi connectivity index (χ1) is 7.72. The third-order valence-electron chi connectivity index (χ3n) is 1.54. The molecule has 1 aromatic carbocycles. The molecule has 0 saturated carbocycles. The van der Waals surface area contributed by atoms with Crippen molar-refractivity contribution in [3.05, 3.63) is 29.3 Å². The molecule has 0 saturated heterocycles. The summed E-state index contributed by atoms with van der Waals surface area (Å²) in [7, 11) is 0. The summed E-state index contributed by atoms with van der Waals surface area (Å²) < 4.78 is 4.76. The maximum absolute atomic E-state index is 11.2. The number of hydrogen-bond acceptors (Lipinski definition) is 2. The number of carbonyl (C=O) groups excluding carboxylic acids is 1. The van der Waals surface area contributed by atoms with Gasteiger partial charge in [0, 0.05) is 10.7 Å². The fraction of sp³-hybridized carbons (Fsp3) is 0.182. The Kier molecular flexibility index (Phi) is 8.33. The van der Waals surface area contributed by atoms with E-state index in [0.717, 1.165) is 0 Å². The molecule has 0 spiro atoms. The Hall–Kier alpha value is -1.15. The monoisotopic (exact) mass is 289 g/mol. The van der Waals surface area contributed by atoms with Crippen molar-refractivity contribution in [3.8, 4) is 11.8 Å². The summed E-state index contributed by atoms with van der Waals surface area (Å²) in [6.45, 7) is 0.0130. The topological polar surface area (TPSA) is 38.3 Å². The number of nitrogens with one attached hydrogen (secondary N) is 1. The maximum atomic E-state index is 11.2. The zero-order valence-corrected chi connectivity index (χ0v) is 9.81. The highest BCUT2D eigenvalue weighted by atomic mass is 35.5. The minimum absolute atomic E-state index is 0. The summed E-state index contributed by atoms with van der Waals surface area (Å²) >= 11 is 11.1. The molecule has 0 fully saturated rings. The molecule has 1 N–H and O–H groups in total. The molecular formula is C11H13Cl2NO2Si. The number of benzene rings is 1. The Morgan fingerprint density at radius 3 is 2.82 bits per heavy atom. The minimum Gasteiger partial charge on any atom is -0.436 e. The molecule has 0 aliphatic heterocycles. The SMILES string of the molecule is O=C(Nc1cccc(Cl)c1)OCC#CCCl.[SiH4]. The second-order valence-electron chi connectivity index (χ2n) is 2.70. The number of alkyl halides is 1. The molecule has 0 radical (unpaired) electrons. The normalized spacial score (nSPS) is 8.35. The van der Waals surface area contributed by atoms with Crippen LogP contribution in [0.3, 0.4) is 0 Å². The van der Waals surface area contributed by atoms with Gasteiger partial charge in [-0.05, 0) is 29.2 Å². The number of rotatable bonds is 2. The van der Waals surface area contributed by atoms with Gasteiger partial charge in [0.05, 0.1) is 5.88 Å². The molecule has 0 aliphatic rings. The first kappa shape index (κ1) is 15.8. The average Bonchev–Trinajstić information content (AvgIpc) is 2.24. The summed E-state index contributed by atoms with van der Waals surface area (Å²) in [5.74, 6) is 5.36. The van der Waals surface area contributed by atoms with Gasteiger partial charge in [0.15, 0.2) is 6.61 Å². The summed E-state index contributed by atoms with van der Waals surface area (Å²) in [6.07, 6.45) is -0.578. The maximum Gasteiger partial charge on any atom is 0.412 e. The van der Waals surface area contributed by atoms with E-state index in [2.05, 4.69) is 17.2 Å². The Labute approximate surface area is 114 Å². The standard InChI is InChI=1S/C11H9Cl2NO2.H4Si/c12-6-1-2-7-16-11(15)14-10-5-3-4-9(13)8-10;/h3-5,8H,6-7H2,(H,14,15);1H4. The molecule has 0 atom stereocenters. The molecule has 1 aromatic rings. The Balaban J connectivity index is 0.00000256. The van der Waals surface area contributed by atoms with Gasteiger partial charge in [-0.1, -0.05) is 29.5 Å². The van der Waals surface area contributed by atoms with Gasteiger partial charge < -0.3 is 4.74 Å². The van der Waals surface area contributed by atoms with E-state index in [1.807, 2.05) is 0 Å². The molecule has 1 rings (SSSR count). The number of anilines is 1. The molecule has 92 valence electrons. The summed E-state index contributed by atoms with van der Waals surface area (Å²) in [5, 5.41) is 3.05. The molecule has 6 heteroatoms. The number of carbonyl (C=O) groups is 1. The highest BCUT2D eigenvalue weighted by molar-refractivity contribution is 6.30. The van der Waals surface area contributed by atoms with Gasteiger partial charge in [0.2, 0.25) is 0 Å². The van der Waals surface area contributed by atoms with Crippen LogP contribution in [0.4, 0.5) is 10.5 Å². The van der Waals surface area contributed by atoms with Gasteiger partial charge in [-0.25, -0.2) is 4.79 Å². The minimum atomic E-state index is -0.578. The molecule has 17 heavy (non-hydrogen) atoms. The molecule has 0 aromatic heterocycles. The van der Waals surface area contributed by atoms with Crippen LogP contribution in [-0.4, -0.2) is 29.5 Å². The van der Waals surface area contributed by atoms with Crippen molar-refractivity contribution >= 4 is 45.9 Å². The fourth-order valence-electron chi connectivity index (χ4n) is 0.920. The smallest absolute Gasteiger partial charge is 0.412 e. The van der Waals surface area contributed by atoms with Crippen LogP contribution in [0.25, 0.3) is 0 Å². The summed E-state index contributed by atoms with van der Waals surface area (Å²) in [4.78, 5) is 11.2. The predicted octanol–water partition coefficient (Wildman–Crippen LogP) is 1.68. The highest BCUT2D eigenvalue weighted by Gasteiger charge is 2.01. The van der Waals surface area contributed by atoms with E-state index in [1.165, 1.54) is 0 Å². The third kappa shape index (κ3) is 6.90. The predicted molar refractivity (Wildman–Crippen MR) is 76.3 cm³/mol. The van der Waals surface area contributed by atoms with Gasteiger partial charge in [0.25, 0.3) is 0 Å². The first-order valence-corrected chi connectivity index (χ1v) is 5.34. The van der Waals surface area contributed by atoms with E-state index in [9.17, 15) is 4.79 Å². The molecule has 0 unspecified atom stereocenters. The van der Waals surface area contributed by atoms with Crippen molar-refractivity contribution in [3.63, 3.8) is 0 Å². The van der Waals surface area contributed by atoms with Crippen LogP contribution in [0, 0.1) is 11.8 Å². The van der Waals surface area contributed by atoms with Crippen molar-refractivity contribution in [1.29, 1.82) is 0 Å². The van der Waals surface area contributed by atoms with E-state index in [1.54, 1.807) is 24.3 Å². The van der Waals surface area contributed by atoms with Gasteiger partial charge in [-0.15, -0.1) is 11.6 Å². The fourth-order valence-corrected chi connectivity index (χ4v) is 1.20. The van der Waals surface area contributed by atoms with Crippen molar-refractivity contribution in [2.45, 2.75) is 0 Å². The molecule has 0 aliphatic carbocycles. The van der Waals surface area contributed by atoms with Gasteiger partial charge in [-0.3, -0.25) is 5.32 Å². The zero-order valence-electron chi connectivity index (χ0n) is 8.30. The lowest BCUT2D eigenvalue weighted by molar-refractivity contribution is 0.176. The summed E-state index contributed by atoms with van der Waals surface area (Å²) in [5.41, 5.74) is 0.572. The number of amides is 1. The van der Waals surface area contributed by atoms with Crippen LogP contribution >= 0.6 is 23.2 Å². The van der Waals surface area contributed by atoms with E-state index in [-0.39, 0.29) is 23.5 Å². The van der Waals surface area contributed by atoms with Gasteiger partial charge in [0.1, 0.15) is 0 Å². The quantitative estimate of drug-likeness (QED) is 0.511. The highest BCUT2D eigenvalue weighted by Crippen LogP contribution is 2.14. The van der Waals surface area contributed by atoms with Crippen molar-refractivity contribution < 1.29 is 9.53 Å². The van der Waals surface area contributed by atoms with Crippen LogP contribution in [0.5, 0.6) is 0 Å². The second-order valence-corrected chi connectivity index (χ2v) is 3.40. The van der Waals surface area contributed by atoms with E-state index in [0.29, 0.717) is 10.7 Å². The largest absolute Gasteiger partial charge is 0.436 e. The van der Waals surface area contributed by atoms with Crippen molar-refractivity contribution in [2.75, 3.05) is 17.8 Å². The van der Waals surface area contributed by atoms with Crippen LogP contribution in [-0.2, 0) is 4.74 Å². The number of halogens is 2. The lowest BCUT2D eigenvalue weighted by Gasteiger charge is -2.04. The van der Waals surface area contributed by atoms with Gasteiger partial charge >= 0.3 is 6.09 Å². The lowest BCUT2D eigenvalue weighted by atomic mass is 10.3. The average molecular weight is 290 g/mol. The lowest BCUT2D eigenvalue weighted by Crippen LogP contribution is -2.13. The van der Waals surface area contributed by atoms with Crippen LogP contribution in [0.1, 0.15) is 0 Å². The Morgan fingerprint density at radius 1 is 1.41 bits per heavy atom. The summed E-state index contributed by atoms with van der Waals surface area (Å²) in [6, 6.07) is 6.76. The van der Waals surface area contributed by atoms with E-state index in [4.69, 9.17) is 27.9 Å². The molecule has 3 nitrogen and oxygen atoms in total. The van der Waals surface area contributed by atoms with Crippen molar-refractivity contribution in [1.82, 2.24) is 0 Å². The molecular weight excluding hydrogens is 277 g/mol. The van der Waals surface area contributed by atoms with Crippen LogP contribution in [0.15, 0.2) is 24.3 Å².